The van der Waals surface area contributed by atoms with Crippen LogP contribution in [0, 0.1) is 0 Å². The summed E-state index contributed by atoms with van der Waals surface area (Å²) in [6, 6.07) is 0. The lowest BCUT2D eigenvalue weighted by Gasteiger charge is -2.09. The van der Waals surface area contributed by atoms with E-state index in [-0.39, 0.29) is 12.1 Å². The van der Waals surface area contributed by atoms with Crippen LogP contribution in [-0.2, 0) is 6.18 Å². The maximum absolute atomic E-state index is 12.9. The van der Waals surface area contributed by atoms with Gasteiger partial charge in [-0.2, -0.15) is 13.2 Å². The first kappa shape index (κ1) is 13.7. The highest BCUT2D eigenvalue weighted by Gasteiger charge is 2.42. The summed E-state index contributed by atoms with van der Waals surface area (Å²) in [6.45, 7) is 4.85. The van der Waals surface area contributed by atoms with Gasteiger partial charge in [0.2, 0.25) is 11.5 Å². The Morgan fingerprint density at radius 1 is 1.41 bits per heavy atom. The molecular formula is C11H14F3NO2. The largest absolute Gasteiger partial charge is 0.422 e. The van der Waals surface area contributed by atoms with Crippen LogP contribution in [0.2, 0.25) is 0 Å². The van der Waals surface area contributed by atoms with Crippen LogP contribution in [-0.4, -0.2) is 10.9 Å². The van der Waals surface area contributed by atoms with Crippen LogP contribution < -0.4 is 0 Å². The van der Waals surface area contributed by atoms with E-state index in [1.165, 1.54) is 0 Å². The number of alkyl halides is 3. The first-order valence-electron chi connectivity index (χ1n) is 5.39. The molecule has 0 N–H and O–H groups in total. The highest BCUT2D eigenvalue weighted by molar-refractivity contribution is 5.95. The predicted molar refractivity (Wildman–Crippen MR) is 54.8 cm³/mol. The second-order valence-electron chi connectivity index (χ2n) is 4.10. The molecule has 0 fully saturated rings. The Balaban J connectivity index is 3.28. The molecule has 0 radical (unpaired) electrons. The molecule has 0 aliphatic rings. The molecule has 1 heterocycles. The molecule has 0 saturated carbocycles. The quantitative estimate of drug-likeness (QED) is 0.762. The van der Waals surface area contributed by atoms with E-state index in [0.717, 1.165) is 0 Å². The average molecular weight is 249 g/mol. The molecule has 0 atom stereocenters. The van der Waals surface area contributed by atoms with Crippen molar-refractivity contribution in [2.24, 2.45) is 0 Å². The van der Waals surface area contributed by atoms with Crippen molar-refractivity contribution in [3.63, 3.8) is 0 Å². The normalized spacial score (nSPS) is 12.2. The van der Waals surface area contributed by atoms with Crippen LogP contribution >= 0.6 is 0 Å². The molecule has 0 amide bonds. The van der Waals surface area contributed by atoms with E-state index in [9.17, 15) is 18.0 Å². The molecule has 0 bridgehead atoms. The molecule has 6 heteroatoms. The van der Waals surface area contributed by atoms with Gasteiger partial charge in [0.05, 0.1) is 5.69 Å². The molecule has 0 aliphatic heterocycles. The third kappa shape index (κ3) is 2.87. The summed E-state index contributed by atoms with van der Waals surface area (Å²) >= 11 is 0. The number of carbonyl (C=O) groups excluding carboxylic acids is 1. The molecule has 1 rings (SSSR count). The number of hydrogen-bond donors (Lipinski definition) is 0. The number of carbonyl (C=O) groups is 1. The molecule has 0 unspecified atom stereocenters. The smallest absolute Gasteiger partial charge is 0.352 e. The molecule has 0 aromatic carbocycles. The second-order valence-corrected chi connectivity index (χ2v) is 4.10. The highest BCUT2D eigenvalue weighted by atomic mass is 19.4. The van der Waals surface area contributed by atoms with E-state index in [4.69, 9.17) is 0 Å². The zero-order chi connectivity index (χ0) is 13.2. The van der Waals surface area contributed by atoms with Crippen molar-refractivity contribution in [3.05, 3.63) is 17.0 Å². The minimum atomic E-state index is -4.61. The summed E-state index contributed by atoms with van der Waals surface area (Å²) in [5, 5.41) is 3.37. The van der Waals surface area contributed by atoms with Crippen LogP contribution in [0.3, 0.4) is 0 Å². The molecule has 0 aliphatic carbocycles. The first-order valence-corrected chi connectivity index (χ1v) is 5.39. The maximum atomic E-state index is 12.9. The van der Waals surface area contributed by atoms with Gasteiger partial charge in [0.25, 0.3) is 0 Å². The third-order valence-electron chi connectivity index (χ3n) is 2.28. The Labute approximate surface area is 97.0 Å². The first-order chi connectivity index (χ1) is 7.79. The number of Topliss-reactive ketones (excluding diaryl/α,β-unsaturated/α-hetero) is 1. The second kappa shape index (κ2) is 4.89. The van der Waals surface area contributed by atoms with E-state index in [0.29, 0.717) is 6.42 Å². The summed E-state index contributed by atoms with van der Waals surface area (Å²) in [7, 11) is 0. The molecule has 1 aromatic heterocycles. The van der Waals surface area contributed by atoms with Crippen molar-refractivity contribution in [2.45, 2.75) is 45.7 Å². The van der Waals surface area contributed by atoms with Gasteiger partial charge in [0, 0.05) is 6.42 Å². The van der Waals surface area contributed by atoms with Crippen molar-refractivity contribution >= 4 is 5.78 Å². The van der Waals surface area contributed by atoms with Gasteiger partial charge in [-0.3, -0.25) is 4.79 Å². The summed E-state index contributed by atoms with van der Waals surface area (Å²) in [5.41, 5.74) is -1.23. The summed E-state index contributed by atoms with van der Waals surface area (Å²) in [5.74, 6) is -1.76. The number of halogens is 3. The van der Waals surface area contributed by atoms with Gasteiger partial charge in [-0.15, -0.1) is 0 Å². The Morgan fingerprint density at radius 3 is 2.41 bits per heavy atom. The Morgan fingerprint density at radius 2 is 2.00 bits per heavy atom. The number of rotatable bonds is 4. The van der Waals surface area contributed by atoms with E-state index in [1.54, 1.807) is 20.8 Å². The fraction of sp³-hybridized carbons (Fsp3) is 0.636. The lowest BCUT2D eigenvalue weighted by Crippen LogP contribution is -2.13. The Kier molecular flexibility index (Phi) is 3.95. The number of nitrogens with zero attached hydrogens (tertiary/aromatic N) is 1. The van der Waals surface area contributed by atoms with Gasteiger partial charge in [0.1, 0.15) is 5.56 Å². The van der Waals surface area contributed by atoms with Crippen LogP contribution in [0.4, 0.5) is 13.2 Å². The van der Waals surface area contributed by atoms with Crippen molar-refractivity contribution in [2.75, 3.05) is 0 Å². The van der Waals surface area contributed by atoms with Gasteiger partial charge in [0.15, 0.2) is 0 Å². The maximum Gasteiger partial charge on any atom is 0.422 e. The van der Waals surface area contributed by atoms with Crippen LogP contribution in [0.25, 0.3) is 0 Å². The van der Waals surface area contributed by atoms with Gasteiger partial charge >= 0.3 is 6.18 Å². The minimum Gasteiger partial charge on any atom is -0.352 e. The SMILES string of the molecule is CCCC(=O)c1onc(C(C)C)c1C(F)(F)F. The molecule has 96 valence electrons. The number of hydrogen-bond acceptors (Lipinski definition) is 3. The Hall–Kier alpha value is -1.33. The highest BCUT2D eigenvalue weighted by Crippen LogP contribution is 2.37. The minimum absolute atomic E-state index is 0.0236. The van der Waals surface area contributed by atoms with E-state index < -0.39 is 29.2 Å². The van der Waals surface area contributed by atoms with Gasteiger partial charge in [-0.05, 0) is 12.3 Å². The summed E-state index contributed by atoms with van der Waals surface area (Å²) in [6.07, 6.45) is -4.12. The van der Waals surface area contributed by atoms with Gasteiger partial charge in [-0.25, -0.2) is 0 Å². The van der Waals surface area contributed by atoms with Crippen LogP contribution in [0.1, 0.15) is 61.3 Å². The van der Waals surface area contributed by atoms with Crippen molar-refractivity contribution < 1.29 is 22.5 Å². The fourth-order valence-electron chi connectivity index (χ4n) is 1.50. The van der Waals surface area contributed by atoms with E-state index >= 15 is 0 Å². The van der Waals surface area contributed by atoms with Crippen LogP contribution in [0.5, 0.6) is 0 Å². The lowest BCUT2D eigenvalue weighted by atomic mass is 10.0. The molecule has 0 spiro atoms. The number of ketones is 1. The van der Waals surface area contributed by atoms with Crippen molar-refractivity contribution in [1.82, 2.24) is 5.16 Å². The van der Waals surface area contributed by atoms with Gasteiger partial charge < -0.3 is 4.52 Å². The molecule has 1 aromatic rings. The third-order valence-corrected chi connectivity index (χ3v) is 2.28. The topological polar surface area (TPSA) is 43.1 Å². The van der Waals surface area contributed by atoms with E-state index in [1.807, 2.05) is 0 Å². The predicted octanol–water partition coefficient (Wildman–Crippen LogP) is 3.80. The Bertz CT molecular complexity index is 407. The summed E-state index contributed by atoms with van der Waals surface area (Å²) in [4.78, 5) is 11.5. The number of aromatic nitrogens is 1. The van der Waals surface area contributed by atoms with Crippen molar-refractivity contribution in [1.29, 1.82) is 0 Å². The zero-order valence-electron chi connectivity index (χ0n) is 9.89. The summed E-state index contributed by atoms with van der Waals surface area (Å²) < 4.78 is 43.1. The molecular weight excluding hydrogens is 235 g/mol. The molecule has 3 nitrogen and oxygen atoms in total. The monoisotopic (exact) mass is 249 g/mol. The molecule has 17 heavy (non-hydrogen) atoms. The average Bonchev–Trinajstić information content (AvgIpc) is 2.61. The fourth-order valence-corrected chi connectivity index (χ4v) is 1.50. The van der Waals surface area contributed by atoms with Crippen LogP contribution in [0.15, 0.2) is 4.52 Å². The van der Waals surface area contributed by atoms with E-state index in [2.05, 4.69) is 9.68 Å². The van der Waals surface area contributed by atoms with Gasteiger partial charge in [-0.1, -0.05) is 25.9 Å². The molecule has 0 saturated heterocycles. The lowest BCUT2D eigenvalue weighted by molar-refractivity contribution is -0.139. The van der Waals surface area contributed by atoms with Crippen molar-refractivity contribution in [3.8, 4) is 0 Å². The zero-order valence-corrected chi connectivity index (χ0v) is 9.89. The standard InChI is InChI=1S/C11H14F3NO2/c1-4-5-7(16)10-8(11(12,13)14)9(6(2)3)15-17-10/h6H,4-5H2,1-3H3.